The van der Waals surface area contributed by atoms with E-state index in [4.69, 9.17) is 14.3 Å². The third-order valence-corrected chi connectivity index (χ3v) is 5.14. The van der Waals surface area contributed by atoms with Crippen molar-refractivity contribution in [2.24, 2.45) is 5.10 Å². The fourth-order valence-corrected chi connectivity index (χ4v) is 3.87. The largest absolute Gasteiger partial charge is 0.464 e. The molecule has 1 aromatic heterocycles. The maximum absolute atomic E-state index is 6.32. The average Bonchev–Trinajstić information content (AvgIpc) is 3.31. The standard InChI is InChI=1S/C20H15BrN2O2/c21-14-8-9-18-15(11-14)17-12-16(19-7-4-10-24-19)22-23(17)20(25-18)13-5-2-1-3-6-13/h1-11,17,20H,12H2/t17-,20-/m1/s1. The van der Waals surface area contributed by atoms with Crippen LogP contribution in [0.25, 0.3) is 0 Å². The van der Waals surface area contributed by atoms with Gasteiger partial charge in [-0.05, 0) is 30.3 Å². The first kappa shape index (κ1) is 14.8. The van der Waals surface area contributed by atoms with E-state index in [1.165, 1.54) is 0 Å². The number of hydrogen-bond donors (Lipinski definition) is 0. The van der Waals surface area contributed by atoms with Crippen LogP contribution in [-0.4, -0.2) is 10.7 Å². The van der Waals surface area contributed by atoms with Gasteiger partial charge in [0.1, 0.15) is 17.2 Å². The molecule has 25 heavy (non-hydrogen) atoms. The number of nitrogens with zero attached hydrogens (tertiary/aromatic N) is 2. The van der Waals surface area contributed by atoms with E-state index in [1.54, 1.807) is 6.26 Å². The minimum Gasteiger partial charge on any atom is -0.464 e. The molecule has 0 spiro atoms. The molecule has 0 amide bonds. The molecule has 0 radical (unpaired) electrons. The van der Waals surface area contributed by atoms with Crippen LogP contribution in [0, 0.1) is 0 Å². The van der Waals surface area contributed by atoms with E-state index in [0.717, 1.165) is 39.2 Å². The van der Waals surface area contributed by atoms with Crippen molar-refractivity contribution in [3.63, 3.8) is 0 Å². The molecule has 0 unspecified atom stereocenters. The molecule has 4 nitrogen and oxygen atoms in total. The molecule has 0 saturated carbocycles. The molecule has 2 atom stereocenters. The van der Waals surface area contributed by atoms with Crippen molar-refractivity contribution in [2.45, 2.75) is 18.7 Å². The van der Waals surface area contributed by atoms with Gasteiger partial charge in [0.15, 0.2) is 0 Å². The summed E-state index contributed by atoms with van der Waals surface area (Å²) in [7, 11) is 0. The highest BCUT2D eigenvalue weighted by Crippen LogP contribution is 2.48. The van der Waals surface area contributed by atoms with Gasteiger partial charge in [-0.1, -0.05) is 46.3 Å². The van der Waals surface area contributed by atoms with Crippen molar-refractivity contribution >= 4 is 21.6 Å². The molecule has 0 fully saturated rings. The molecular formula is C20H15BrN2O2. The topological polar surface area (TPSA) is 38.0 Å². The van der Waals surface area contributed by atoms with E-state index in [-0.39, 0.29) is 12.3 Å². The van der Waals surface area contributed by atoms with E-state index >= 15 is 0 Å². The van der Waals surface area contributed by atoms with Crippen LogP contribution < -0.4 is 4.74 Å². The number of hydrazone groups is 1. The van der Waals surface area contributed by atoms with Gasteiger partial charge in [-0.15, -0.1) is 0 Å². The first-order valence-electron chi connectivity index (χ1n) is 8.20. The molecule has 3 aromatic rings. The van der Waals surface area contributed by atoms with Crippen LogP contribution in [0.5, 0.6) is 5.75 Å². The third kappa shape index (κ3) is 2.46. The molecule has 5 heteroatoms. The van der Waals surface area contributed by atoms with E-state index in [9.17, 15) is 0 Å². The van der Waals surface area contributed by atoms with Crippen LogP contribution >= 0.6 is 15.9 Å². The molecule has 124 valence electrons. The van der Waals surface area contributed by atoms with Crippen LogP contribution in [0.15, 0.2) is 80.9 Å². The second-order valence-electron chi connectivity index (χ2n) is 6.19. The summed E-state index contributed by atoms with van der Waals surface area (Å²) < 4.78 is 12.9. The van der Waals surface area contributed by atoms with Gasteiger partial charge in [-0.3, -0.25) is 0 Å². The molecule has 5 rings (SSSR count). The van der Waals surface area contributed by atoms with Gasteiger partial charge in [0.05, 0.1) is 12.3 Å². The first-order valence-corrected chi connectivity index (χ1v) is 8.99. The summed E-state index contributed by atoms with van der Waals surface area (Å²) in [5.41, 5.74) is 3.18. The van der Waals surface area contributed by atoms with Gasteiger partial charge in [0, 0.05) is 22.0 Å². The van der Waals surface area contributed by atoms with E-state index in [0.29, 0.717) is 0 Å². The zero-order chi connectivity index (χ0) is 16.8. The van der Waals surface area contributed by atoms with Gasteiger partial charge in [-0.2, -0.15) is 5.10 Å². The lowest BCUT2D eigenvalue weighted by Crippen LogP contribution is -2.33. The Labute approximate surface area is 153 Å². The van der Waals surface area contributed by atoms with Crippen LogP contribution in [0.3, 0.4) is 0 Å². The Hall–Kier alpha value is -2.53. The van der Waals surface area contributed by atoms with Crippen molar-refractivity contribution in [1.29, 1.82) is 0 Å². The summed E-state index contributed by atoms with van der Waals surface area (Å²) in [5, 5.41) is 6.91. The smallest absolute Gasteiger partial charge is 0.213 e. The predicted molar refractivity (Wildman–Crippen MR) is 98.4 cm³/mol. The maximum Gasteiger partial charge on any atom is 0.213 e. The quantitative estimate of drug-likeness (QED) is 0.592. The summed E-state index contributed by atoms with van der Waals surface area (Å²) in [4.78, 5) is 0. The highest BCUT2D eigenvalue weighted by Gasteiger charge is 2.41. The highest BCUT2D eigenvalue weighted by molar-refractivity contribution is 9.10. The number of rotatable bonds is 2. The SMILES string of the molecule is Brc1ccc2c(c1)[C@H]1CC(c3ccco3)=NN1[C@@H](c1ccccc1)O2. The maximum atomic E-state index is 6.32. The molecule has 0 bridgehead atoms. The monoisotopic (exact) mass is 394 g/mol. The Balaban J connectivity index is 1.62. The average molecular weight is 395 g/mol. The van der Waals surface area contributed by atoms with Gasteiger partial charge in [0.25, 0.3) is 0 Å². The van der Waals surface area contributed by atoms with Crippen molar-refractivity contribution in [3.8, 4) is 5.75 Å². The number of fused-ring (bicyclic) bond motifs is 3. The van der Waals surface area contributed by atoms with Crippen molar-refractivity contribution < 1.29 is 9.15 Å². The molecule has 0 N–H and O–H groups in total. The lowest BCUT2D eigenvalue weighted by molar-refractivity contribution is -0.0190. The molecular weight excluding hydrogens is 380 g/mol. The summed E-state index contributed by atoms with van der Waals surface area (Å²) in [6, 6.07) is 20.4. The first-order chi connectivity index (χ1) is 12.3. The van der Waals surface area contributed by atoms with E-state index in [1.807, 2.05) is 42.5 Å². The Bertz CT molecular complexity index is 938. The van der Waals surface area contributed by atoms with Gasteiger partial charge in [-0.25, -0.2) is 5.01 Å². The normalized spacial score (nSPS) is 21.3. The second kappa shape index (κ2) is 5.77. The zero-order valence-corrected chi connectivity index (χ0v) is 14.9. The predicted octanol–water partition coefficient (Wildman–Crippen LogP) is 5.28. The van der Waals surface area contributed by atoms with E-state index < -0.39 is 0 Å². The van der Waals surface area contributed by atoms with Crippen molar-refractivity contribution in [1.82, 2.24) is 5.01 Å². The lowest BCUT2D eigenvalue weighted by Gasteiger charge is -2.38. The molecule has 3 heterocycles. The van der Waals surface area contributed by atoms with Gasteiger partial charge in [0.2, 0.25) is 6.23 Å². The number of benzene rings is 2. The lowest BCUT2D eigenvalue weighted by atomic mass is 9.97. The minimum atomic E-state index is -0.243. The molecule has 2 aromatic carbocycles. The van der Waals surface area contributed by atoms with Crippen LogP contribution in [0.1, 0.15) is 35.6 Å². The summed E-state index contributed by atoms with van der Waals surface area (Å²) >= 11 is 3.57. The molecule has 0 aliphatic carbocycles. The van der Waals surface area contributed by atoms with Crippen LogP contribution in [0.4, 0.5) is 0 Å². The molecule has 2 aliphatic heterocycles. The van der Waals surface area contributed by atoms with Crippen LogP contribution in [-0.2, 0) is 0 Å². The van der Waals surface area contributed by atoms with Crippen LogP contribution in [0.2, 0.25) is 0 Å². The molecule has 2 aliphatic rings. The molecule has 0 saturated heterocycles. The fraction of sp³-hybridized carbons (Fsp3) is 0.150. The Morgan fingerprint density at radius 3 is 2.72 bits per heavy atom. The number of ether oxygens (including phenoxy) is 1. The minimum absolute atomic E-state index is 0.131. The third-order valence-electron chi connectivity index (χ3n) is 4.64. The number of hydrogen-bond acceptors (Lipinski definition) is 4. The number of halogens is 1. The zero-order valence-electron chi connectivity index (χ0n) is 13.3. The number of furan rings is 1. The van der Waals surface area contributed by atoms with E-state index in [2.05, 4.69) is 39.1 Å². The summed E-state index contributed by atoms with van der Waals surface area (Å²) in [6.45, 7) is 0. The Kier molecular flexibility index (Phi) is 3.41. The highest BCUT2D eigenvalue weighted by atomic mass is 79.9. The van der Waals surface area contributed by atoms with Crippen molar-refractivity contribution in [2.75, 3.05) is 0 Å². The second-order valence-corrected chi connectivity index (χ2v) is 7.10. The van der Waals surface area contributed by atoms with Gasteiger partial charge >= 0.3 is 0 Å². The Morgan fingerprint density at radius 1 is 1.04 bits per heavy atom. The Morgan fingerprint density at radius 2 is 1.92 bits per heavy atom. The summed E-state index contributed by atoms with van der Waals surface area (Å²) in [5.74, 6) is 1.73. The fourth-order valence-electron chi connectivity index (χ4n) is 3.49. The van der Waals surface area contributed by atoms with Gasteiger partial charge < -0.3 is 9.15 Å². The summed E-state index contributed by atoms with van der Waals surface area (Å²) in [6.07, 6.45) is 2.24. The van der Waals surface area contributed by atoms with Crippen molar-refractivity contribution in [3.05, 3.63) is 88.3 Å².